The standard InChI is InChI=1S/C83H140NO8P/c1-3-5-7-9-11-13-15-17-19-21-23-25-27-29-31-33-35-36-37-38-39-40-41-42-43-44-46-47-49-51-53-55-57-59-61-63-65-67-69-71-73-75-82(85)89-79-81(80-91-93(87,88)90-78-77-84)92-83(86)76-74-72-70-68-66-64-62-60-58-56-54-52-50-48-45-34-32-30-28-26-24-22-20-18-16-14-12-10-8-6-4-2/h5-8,11-14,17-20,23-26,29-32,35-36,45,48,52,54,81H,3-4,9-10,15-16,21-22,27-28,33-34,37-44,46-47,49-51,53,55-80,84H2,1-2H3,(H,87,88)/b7-5-,8-6-,13-11-,14-12-,19-17-,20-18-,25-23-,26-24-,31-29-,32-30-,36-35-,48-45-,54-52-. The summed E-state index contributed by atoms with van der Waals surface area (Å²) in [6, 6.07) is 0. The zero-order valence-corrected chi connectivity index (χ0v) is 60.6. The summed E-state index contributed by atoms with van der Waals surface area (Å²) in [6.45, 7) is 3.53. The van der Waals surface area contributed by atoms with E-state index in [0.717, 1.165) is 128 Å². The first-order chi connectivity index (χ1) is 45.8. The molecule has 93 heavy (non-hydrogen) atoms. The monoisotopic (exact) mass is 1310 g/mol. The molecule has 0 aliphatic heterocycles. The molecule has 0 aliphatic carbocycles. The summed E-state index contributed by atoms with van der Waals surface area (Å²) in [4.78, 5) is 35.4. The molecule has 0 aromatic rings. The van der Waals surface area contributed by atoms with Gasteiger partial charge in [0.1, 0.15) is 6.61 Å². The van der Waals surface area contributed by atoms with Crippen molar-refractivity contribution in [3.63, 3.8) is 0 Å². The average molecular weight is 1310 g/mol. The smallest absolute Gasteiger partial charge is 0.462 e. The molecule has 2 atom stereocenters. The summed E-state index contributed by atoms with van der Waals surface area (Å²) >= 11 is 0. The number of hydrogen-bond acceptors (Lipinski definition) is 8. The highest BCUT2D eigenvalue weighted by atomic mass is 31.2. The van der Waals surface area contributed by atoms with Crippen LogP contribution in [-0.2, 0) is 32.7 Å². The van der Waals surface area contributed by atoms with Crippen molar-refractivity contribution in [2.75, 3.05) is 26.4 Å². The van der Waals surface area contributed by atoms with Crippen LogP contribution in [0.25, 0.3) is 0 Å². The highest BCUT2D eigenvalue weighted by Gasteiger charge is 2.26. The van der Waals surface area contributed by atoms with E-state index in [2.05, 4.69) is 172 Å². The third kappa shape index (κ3) is 76.5. The van der Waals surface area contributed by atoms with E-state index in [4.69, 9.17) is 24.3 Å². The van der Waals surface area contributed by atoms with Gasteiger partial charge < -0.3 is 20.1 Å². The van der Waals surface area contributed by atoms with Crippen LogP contribution in [0, 0.1) is 0 Å². The van der Waals surface area contributed by atoms with Gasteiger partial charge in [-0.05, 0) is 122 Å². The lowest BCUT2D eigenvalue weighted by molar-refractivity contribution is -0.161. The predicted molar refractivity (Wildman–Crippen MR) is 403 cm³/mol. The molecular weight excluding hydrogens is 1170 g/mol. The van der Waals surface area contributed by atoms with Gasteiger partial charge in [-0.25, -0.2) is 4.57 Å². The van der Waals surface area contributed by atoms with Crippen LogP contribution in [-0.4, -0.2) is 49.3 Å². The molecule has 0 rings (SSSR count). The number of ether oxygens (including phenoxy) is 2. The molecule has 2 unspecified atom stereocenters. The number of hydrogen-bond donors (Lipinski definition) is 2. The van der Waals surface area contributed by atoms with Gasteiger partial charge in [-0.1, -0.05) is 345 Å². The first kappa shape index (κ1) is 88.6. The second-order valence-electron chi connectivity index (χ2n) is 24.8. The number of phosphoric acid groups is 1. The van der Waals surface area contributed by atoms with Crippen LogP contribution < -0.4 is 5.73 Å². The van der Waals surface area contributed by atoms with Crippen LogP contribution in [0.1, 0.15) is 322 Å². The van der Waals surface area contributed by atoms with Gasteiger partial charge in [0.25, 0.3) is 0 Å². The molecule has 0 fully saturated rings. The minimum absolute atomic E-state index is 0.0471. The van der Waals surface area contributed by atoms with Crippen molar-refractivity contribution in [2.24, 2.45) is 5.73 Å². The summed E-state index contributed by atoms with van der Waals surface area (Å²) < 4.78 is 33.2. The Labute approximate surface area is 572 Å². The Morgan fingerprint density at radius 2 is 0.559 bits per heavy atom. The second kappa shape index (κ2) is 76.6. The topological polar surface area (TPSA) is 134 Å². The maximum absolute atomic E-state index is 12.8. The lowest BCUT2D eigenvalue weighted by Crippen LogP contribution is -2.29. The van der Waals surface area contributed by atoms with Crippen LogP contribution >= 0.6 is 7.82 Å². The average Bonchev–Trinajstić information content (AvgIpc) is 3.70. The Kier molecular flexibility index (Phi) is 73.0. The van der Waals surface area contributed by atoms with E-state index in [-0.39, 0.29) is 38.6 Å². The Hall–Kier alpha value is -4.37. The number of nitrogens with two attached hydrogens (primary N) is 1. The SMILES string of the molecule is CC/C=C\C/C=C\C/C=C\C/C=C\C/C=C\C/C=C\C/C=C\CCCCCCCCCCCC(=O)OC(COC(=O)CCCCCCCCCCCCCCCCCCCCCCCC/C=C\C/C=C\C/C=C\C/C=C\C/C=C\C/C=C\CC)COP(=O)(O)OCCN. The number of esters is 2. The fraction of sp³-hybridized carbons (Fsp3) is 0.663. The zero-order valence-electron chi connectivity index (χ0n) is 59.7. The molecule has 0 radical (unpaired) electrons. The van der Waals surface area contributed by atoms with Crippen molar-refractivity contribution in [1.82, 2.24) is 0 Å². The van der Waals surface area contributed by atoms with Gasteiger partial charge in [0.15, 0.2) is 6.10 Å². The molecule has 530 valence electrons. The Balaban J connectivity index is 3.85. The summed E-state index contributed by atoms with van der Waals surface area (Å²) in [7, 11) is -4.41. The molecule has 0 bridgehead atoms. The summed E-state index contributed by atoms with van der Waals surface area (Å²) in [6.07, 6.45) is 112. The molecule has 0 aromatic carbocycles. The first-order valence-electron chi connectivity index (χ1n) is 38.0. The maximum Gasteiger partial charge on any atom is 0.472 e. The van der Waals surface area contributed by atoms with Crippen molar-refractivity contribution in [3.05, 3.63) is 158 Å². The third-order valence-corrected chi connectivity index (χ3v) is 16.9. The molecule has 3 N–H and O–H groups in total. The van der Waals surface area contributed by atoms with E-state index in [1.807, 2.05) is 0 Å². The van der Waals surface area contributed by atoms with Crippen LogP contribution in [0.4, 0.5) is 0 Å². The van der Waals surface area contributed by atoms with Gasteiger partial charge in [-0.2, -0.15) is 0 Å². The van der Waals surface area contributed by atoms with Crippen LogP contribution in [0.5, 0.6) is 0 Å². The van der Waals surface area contributed by atoms with Gasteiger partial charge in [-0.3, -0.25) is 18.6 Å². The molecule has 0 heterocycles. The van der Waals surface area contributed by atoms with Gasteiger partial charge >= 0.3 is 19.8 Å². The van der Waals surface area contributed by atoms with Crippen LogP contribution in [0.15, 0.2) is 158 Å². The van der Waals surface area contributed by atoms with E-state index < -0.39 is 26.5 Å². The highest BCUT2D eigenvalue weighted by Crippen LogP contribution is 2.43. The number of unbranched alkanes of at least 4 members (excludes halogenated alkanes) is 31. The first-order valence-corrected chi connectivity index (χ1v) is 39.5. The maximum atomic E-state index is 12.8. The minimum atomic E-state index is -4.41. The van der Waals surface area contributed by atoms with E-state index in [9.17, 15) is 19.0 Å². The zero-order chi connectivity index (χ0) is 67.2. The number of phosphoric ester groups is 1. The van der Waals surface area contributed by atoms with E-state index in [0.29, 0.717) is 6.42 Å². The molecule has 0 amide bonds. The van der Waals surface area contributed by atoms with Crippen molar-refractivity contribution in [1.29, 1.82) is 0 Å². The van der Waals surface area contributed by atoms with Gasteiger partial charge in [0.2, 0.25) is 0 Å². The number of carbonyl (C=O) groups excluding carboxylic acids is 2. The largest absolute Gasteiger partial charge is 0.472 e. The van der Waals surface area contributed by atoms with E-state index in [1.165, 1.54) is 161 Å². The van der Waals surface area contributed by atoms with Gasteiger partial charge in [0, 0.05) is 19.4 Å². The molecule has 0 aliphatic rings. The summed E-state index contributed by atoms with van der Waals surface area (Å²) in [5.74, 6) is -0.831. The van der Waals surface area contributed by atoms with E-state index >= 15 is 0 Å². The fourth-order valence-electron chi connectivity index (χ4n) is 10.4. The van der Waals surface area contributed by atoms with Crippen molar-refractivity contribution in [3.8, 4) is 0 Å². The van der Waals surface area contributed by atoms with Gasteiger partial charge in [0.05, 0.1) is 13.2 Å². The second-order valence-corrected chi connectivity index (χ2v) is 26.2. The quantitative estimate of drug-likeness (QED) is 0.0264. The molecule has 0 saturated carbocycles. The summed E-state index contributed by atoms with van der Waals surface area (Å²) in [5, 5.41) is 0. The molecule has 9 nitrogen and oxygen atoms in total. The fourth-order valence-corrected chi connectivity index (χ4v) is 11.2. The number of rotatable bonds is 70. The molecule has 0 saturated heterocycles. The van der Waals surface area contributed by atoms with Crippen molar-refractivity contribution in [2.45, 2.75) is 328 Å². The molecule has 0 spiro atoms. The highest BCUT2D eigenvalue weighted by molar-refractivity contribution is 7.47. The lowest BCUT2D eigenvalue weighted by Gasteiger charge is -2.19. The Morgan fingerprint density at radius 1 is 0.323 bits per heavy atom. The van der Waals surface area contributed by atoms with Crippen LogP contribution in [0.2, 0.25) is 0 Å². The minimum Gasteiger partial charge on any atom is -0.462 e. The van der Waals surface area contributed by atoms with Crippen molar-refractivity contribution < 1.29 is 37.6 Å². The summed E-state index contributed by atoms with van der Waals surface area (Å²) in [5.41, 5.74) is 5.41. The molecular formula is C83H140NO8P. The van der Waals surface area contributed by atoms with Crippen molar-refractivity contribution >= 4 is 19.8 Å². The van der Waals surface area contributed by atoms with Gasteiger partial charge in [-0.15, -0.1) is 0 Å². The third-order valence-electron chi connectivity index (χ3n) is 15.9. The van der Waals surface area contributed by atoms with E-state index in [1.54, 1.807) is 0 Å². The van der Waals surface area contributed by atoms with Crippen LogP contribution in [0.3, 0.4) is 0 Å². The molecule has 0 aromatic heterocycles. The normalized spacial score (nSPS) is 13.8. The lowest BCUT2D eigenvalue weighted by atomic mass is 10.0. The Morgan fingerprint density at radius 3 is 0.828 bits per heavy atom. The predicted octanol–water partition coefficient (Wildman–Crippen LogP) is 25.5. The Bertz CT molecular complexity index is 2090. The number of allylic oxidation sites excluding steroid dienone is 26. The number of carbonyl (C=O) groups is 2. The molecule has 10 heteroatoms.